The third-order valence-electron chi connectivity index (χ3n) is 3.09. The summed E-state index contributed by atoms with van der Waals surface area (Å²) in [5.74, 6) is 0.563. The molecule has 0 unspecified atom stereocenters. The Morgan fingerprint density at radius 2 is 1.85 bits per heavy atom. The molecule has 0 saturated heterocycles. The number of aryl methyl sites for hydroxylation is 2. The monoisotopic (exact) mass is 282 g/mol. The fraction of sp³-hybridized carbons (Fsp3) is 0.133. The van der Waals surface area contributed by atoms with E-state index in [-0.39, 0.29) is 0 Å². The number of nitrogens with one attached hydrogen (secondary N) is 1. The van der Waals surface area contributed by atoms with Gasteiger partial charge in [-0.15, -0.1) is 11.3 Å². The van der Waals surface area contributed by atoms with Crippen LogP contribution in [0.5, 0.6) is 0 Å². The van der Waals surface area contributed by atoms with Crippen molar-refractivity contribution in [3.8, 4) is 11.3 Å². The Hall–Kier alpha value is -2.27. The molecule has 0 saturated carbocycles. The maximum Gasteiger partial charge on any atom is 0.228 e. The summed E-state index contributed by atoms with van der Waals surface area (Å²) in [5, 5.41) is 5.94. The molecule has 0 atom stereocenters. The number of aromatic nitrogens is 3. The third-order valence-corrected chi connectivity index (χ3v) is 3.85. The van der Waals surface area contributed by atoms with Crippen molar-refractivity contribution in [3.63, 3.8) is 0 Å². The molecule has 3 rings (SSSR count). The first-order chi connectivity index (χ1) is 9.72. The van der Waals surface area contributed by atoms with Gasteiger partial charge in [0, 0.05) is 23.3 Å². The number of anilines is 2. The van der Waals surface area contributed by atoms with E-state index in [0.29, 0.717) is 5.95 Å². The molecular formula is C15H14N4S. The van der Waals surface area contributed by atoms with E-state index in [9.17, 15) is 0 Å². The first kappa shape index (κ1) is 12.7. The van der Waals surface area contributed by atoms with Crippen molar-refractivity contribution in [2.75, 3.05) is 5.32 Å². The van der Waals surface area contributed by atoms with E-state index in [2.05, 4.69) is 52.3 Å². The summed E-state index contributed by atoms with van der Waals surface area (Å²) >= 11 is 1.55. The van der Waals surface area contributed by atoms with Gasteiger partial charge in [-0.25, -0.2) is 15.0 Å². The van der Waals surface area contributed by atoms with E-state index in [4.69, 9.17) is 0 Å². The van der Waals surface area contributed by atoms with Crippen LogP contribution in [0.15, 0.2) is 42.0 Å². The Kier molecular flexibility index (Phi) is 3.43. The van der Waals surface area contributed by atoms with Crippen LogP contribution in [0.1, 0.15) is 11.1 Å². The predicted molar refractivity (Wildman–Crippen MR) is 82.3 cm³/mol. The number of nitrogens with zero attached hydrogens (tertiary/aromatic N) is 3. The molecule has 0 aliphatic carbocycles. The fourth-order valence-electron chi connectivity index (χ4n) is 1.82. The van der Waals surface area contributed by atoms with Gasteiger partial charge in [-0.2, -0.15) is 0 Å². The molecule has 1 N–H and O–H groups in total. The van der Waals surface area contributed by atoms with Gasteiger partial charge in [0.25, 0.3) is 0 Å². The van der Waals surface area contributed by atoms with Crippen LogP contribution in [-0.4, -0.2) is 15.0 Å². The zero-order chi connectivity index (χ0) is 13.9. The molecule has 0 spiro atoms. The Morgan fingerprint density at radius 3 is 2.60 bits per heavy atom. The van der Waals surface area contributed by atoms with E-state index in [1.54, 1.807) is 29.8 Å². The molecule has 0 aliphatic rings. The van der Waals surface area contributed by atoms with E-state index < -0.39 is 0 Å². The van der Waals surface area contributed by atoms with Gasteiger partial charge in [0.15, 0.2) is 5.13 Å². The molecule has 1 aromatic carbocycles. The van der Waals surface area contributed by atoms with Gasteiger partial charge >= 0.3 is 0 Å². The van der Waals surface area contributed by atoms with Crippen molar-refractivity contribution in [3.05, 3.63) is 53.2 Å². The first-order valence-corrected chi connectivity index (χ1v) is 7.17. The van der Waals surface area contributed by atoms with Crippen LogP contribution in [0.4, 0.5) is 11.1 Å². The van der Waals surface area contributed by atoms with Gasteiger partial charge in [-0.3, -0.25) is 0 Å². The van der Waals surface area contributed by atoms with E-state index in [1.165, 1.54) is 11.1 Å². The smallest absolute Gasteiger partial charge is 0.228 e. The lowest BCUT2D eigenvalue weighted by molar-refractivity contribution is 1.16. The van der Waals surface area contributed by atoms with Gasteiger partial charge in [-0.05, 0) is 37.1 Å². The zero-order valence-electron chi connectivity index (χ0n) is 11.3. The van der Waals surface area contributed by atoms with E-state index in [0.717, 1.165) is 16.4 Å². The predicted octanol–water partition coefficient (Wildman–Crippen LogP) is 3.96. The van der Waals surface area contributed by atoms with E-state index >= 15 is 0 Å². The minimum absolute atomic E-state index is 0.563. The fourth-order valence-corrected chi connectivity index (χ4v) is 2.54. The van der Waals surface area contributed by atoms with Crippen LogP contribution in [0.3, 0.4) is 0 Å². The maximum absolute atomic E-state index is 4.57. The summed E-state index contributed by atoms with van der Waals surface area (Å²) in [5.41, 5.74) is 4.67. The van der Waals surface area contributed by atoms with Crippen molar-refractivity contribution >= 4 is 22.4 Å². The molecule has 5 heteroatoms. The van der Waals surface area contributed by atoms with Gasteiger partial charge < -0.3 is 5.32 Å². The largest absolute Gasteiger partial charge is 0.300 e. The number of benzene rings is 1. The molecular weight excluding hydrogens is 268 g/mol. The SMILES string of the molecule is Cc1ccc(-c2csc(Nc3ncccn3)n2)cc1C. The third kappa shape index (κ3) is 2.67. The van der Waals surface area contributed by atoms with Crippen LogP contribution in [0, 0.1) is 13.8 Å². The molecule has 2 aromatic heterocycles. The first-order valence-electron chi connectivity index (χ1n) is 6.29. The summed E-state index contributed by atoms with van der Waals surface area (Å²) in [4.78, 5) is 12.8. The minimum atomic E-state index is 0.563. The summed E-state index contributed by atoms with van der Waals surface area (Å²) < 4.78 is 0. The van der Waals surface area contributed by atoms with Crippen molar-refractivity contribution in [2.45, 2.75) is 13.8 Å². The molecule has 0 fully saturated rings. The van der Waals surface area contributed by atoms with Crippen molar-refractivity contribution in [1.29, 1.82) is 0 Å². The molecule has 0 bridgehead atoms. The van der Waals surface area contributed by atoms with E-state index in [1.807, 2.05) is 5.38 Å². The number of rotatable bonds is 3. The van der Waals surface area contributed by atoms with Gasteiger partial charge in [0.1, 0.15) is 0 Å². The second-order valence-corrected chi connectivity index (χ2v) is 5.39. The van der Waals surface area contributed by atoms with Crippen LogP contribution < -0.4 is 5.32 Å². The topological polar surface area (TPSA) is 50.7 Å². The van der Waals surface area contributed by atoms with Crippen LogP contribution in [-0.2, 0) is 0 Å². The highest BCUT2D eigenvalue weighted by Gasteiger charge is 2.06. The van der Waals surface area contributed by atoms with Gasteiger partial charge in [0.2, 0.25) is 5.95 Å². The summed E-state index contributed by atoms with van der Waals surface area (Å²) in [6.07, 6.45) is 3.40. The average Bonchev–Trinajstić information content (AvgIpc) is 2.91. The highest BCUT2D eigenvalue weighted by Crippen LogP contribution is 2.27. The number of hydrogen-bond donors (Lipinski definition) is 1. The molecule has 0 radical (unpaired) electrons. The summed E-state index contributed by atoms with van der Waals surface area (Å²) in [6, 6.07) is 8.17. The second kappa shape index (κ2) is 5.38. The second-order valence-electron chi connectivity index (χ2n) is 4.53. The normalized spacial score (nSPS) is 10.5. The van der Waals surface area contributed by atoms with Gasteiger partial charge in [0.05, 0.1) is 5.69 Å². The highest BCUT2D eigenvalue weighted by atomic mass is 32.1. The Bertz CT molecular complexity index is 722. The molecule has 0 amide bonds. The maximum atomic E-state index is 4.57. The lowest BCUT2D eigenvalue weighted by Gasteiger charge is -2.02. The van der Waals surface area contributed by atoms with Crippen LogP contribution >= 0.6 is 11.3 Å². The molecule has 100 valence electrons. The average molecular weight is 282 g/mol. The minimum Gasteiger partial charge on any atom is -0.300 e. The summed E-state index contributed by atoms with van der Waals surface area (Å²) in [6.45, 7) is 4.22. The molecule has 4 nitrogen and oxygen atoms in total. The van der Waals surface area contributed by atoms with Crippen molar-refractivity contribution in [2.24, 2.45) is 0 Å². The Morgan fingerprint density at radius 1 is 1.05 bits per heavy atom. The number of thiazole rings is 1. The Labute approximate surface area is 121 Å². The van der Waals surface area contributed by atoms with Crippen molar-refractivity contribution in [1.82, 2.24) is 15.0 Å². The molecule has 3 aromatic rings. The molecule has 0 aliphatic heterocycles. The Balaban J connectivity index is 1.84. The number of hydrogen-bond acceptors (Lipinski definition) is 5. The lowest BCUT2D eigenvalue weighted by Crippen LogP contribution is -1.94. The molecule has 20 heavy (non-hydrogen) atoms. The van der Waals surface area contributed by atoms with Crippen LogP contribution in [0.25, 0.3) is 11.3 Å². The highest BCUT2D eigenvalue weighted by molar-refractivity contribution is 7.14. The lowest BCUT2D eigenvalue weighted by atomic mass is 10.1. The standard InChI is InChI=1S/C15H14N4S/c1-10-4-5-12(8-11(10)2)13-9-20-15(18-13)19-14-16-6-3-7-17-14/h3-9H,1-2H3,(H,16,17,18,19). The zero-order valence-corrected chi connectivity index (χ0v) is 12.1. The molecule has 2 heterocycles. The summed E-state index contributed by atoms with van der Waals surface area (Å²) in [7, 11) is 0. The van der Waals surface area contributed by atoms with Gasteiger partial charge in [-0.1, -0.05) is 12.1 Å². The van der Waals surface area contributed by atoms with Crippen LogP contribution in [0.2, 0.25) is 0 Å². The van der Waals surface area contributed by atoms with Crippen molar-refractivity contribution < 1.29 is 0 Å². The quantitative estimate of drug-likeness (QED) is 0.790.